The highest BCUT2D eigenvalue weighted by Crippen LogP contribution is 1.90. The number of carboxylic acid groups (broad SMARTS) is 1. The molecule has 0 unspecified atom stereocenters. The largest absolute Gasteiger partial charge is 0.480 e. The molecule has 0 heterocycles. The van der Waals surface area contributed by atoms with Crippen molar-refractivity contribution in [1.82, 2.24) is 10.2 Å². The molecule has 0 bridgehead atoms. The van der Waals surface area contributed by atoms with E-state index in [0.29, 0.717) is 26.2 Å². The first-order chi connectivity index (χ1) is 8.47. The number of hydrogen-bond donors (Lipinski definition) is 3. The average molecular weight is 261 g/mol. The molecule has 0 rings (SSSR count). The Morgan fingerprint density at radius 1 is 1.33 bits per heavy atom. The van der Waals surface area contributed by atoms with Gasteiger partial charge in [-0.3, -0.25) is 9.59 Å². The second-order valence-electron chi connectivity index (χ2n) is 3.50. The van der Waals surface area contributed by atoms with E-state index in [0.717, 1.165) is 4.90 Å². The molecular formula is C10H19N3O5. The SMILES string of the molecule is CCOCCCNC(=O)N(CC(N)=O)CC(=O)O. The summed E-state index contributed by atoms with van der Waals surface area (Å²) in [6.07, 6.45) is 0.608. The number of amides is 3. The molecule has 18 heavy (non-hydrogen) atoms. The summed E-state index contributed by atoms with van der Waals surface area (Å²) in [6.45, 7) is 2.31. The lowest BCUT2D eigenvalue weighted by molar-refractivity contribution is -0.137. The van der Waals surface area contributed by atoms with Crippen molar-refractivity contribution >= 4 is 17.9 Å². The number of aliphatic carboxylic acids is 1. The van der Waals surface area contributed by atoms with E-state index in [1.165, 1.54) is 0 Å². The van der Waals surface area contributed by atoms with E-state index in [1.807, 2.05) is 6.92 Å². The van der Waals surface area contributed by atoms with Crippen LogP contribution in [0.15, 0.2) is 0 Å². The standard InChI is InChI=1S/C10H19N3O5/c1-2-18-5-3-4-12-10(17)13(6-8(11)14)7-9(15)16/h2-7H2,1H3,(H2,11,14)(H,12,17)(H,15,16). The van der Waals surface area contributed by atoms with Gasteiger partial charge in [0.2, 0.25) is 5.91 Å². The molecule has 104 valence electrons. The minimum atomic E-state index is -1.21. The van der Waals surface area contributed by atoms with Gasteiger partial charge in [-0.15, -0.1) is 0 Å². The molecule has 0 fully saturated rings. The van der Waals surface area contributed by atoms with Gasteiger partial charge in [-0.25, -0.2) is 4.79 Å². The summed E-state index contributed by atoms with van der Waals surface area (Å²) >= 11 is 0. The molecule has 0 radical (unpaired) electrons. The number of urea groups is 1. The second kappa shape index (κ2) is 9.23. The molecule has 8 heteroatoms. The average Bonchev–Trinajstić information content (AvgIpc) is 2.26. The van der Waals surface area contributed by atoms with Crippen molar-refractivity contribution in [3.05, 3.63) is 0 Å². The summed E-state index contributed by atoms with van der Waals surface area (Å²) in [5, 5.41) is 11.1. The molecular weight excluding hydrogens is 242 g/mol. The zero-order chi connectivity index (χ0) is 14.0. The smallest absolute Gasteiger partial charge is 0.323 e. The maximum absolute atomic E-state index is 11.5. The Hall–Kier alpha value is -1.83. The summed E-state index contributed by atoms with van der Waals surface area (Å²) in [5.74, 6) is -1.97. The monoisotopic (exact) mass is 261 g/mol. The predicted octanol–water partition coefficient (Wildman–Crippen LogP) is -1.01. The van der Waals surface area contributed by atoms with E-state index in [9.17, 15) is 14.4 Å². The molecule has 8 nitrogen and oxygen atoms in total. The molecule has 0 aromatic heterocycles. The highest BCUT2D eigenvalue weighted by atomic mass is 16.5. The van der Waals surface area contributed by atoms with Gasteiger partial charge < -0.3 is 25.8 Å². The lowest BCUT2D eigenvalue weighted by Crippen LogP contribution is -2.46. The summed E-state index contributed by atoms with van der Waals surface area (Å²) in [5.41, 5.74) is 4.93. The fourth-order valence-corrected chi connectivity index (χ4v) is 1.18. The molecule has 0 aliphatic heterocycles. The third-order valence-corrected chi connectivity index (χ3v) is 1.91. The number of carboxylic acids is 1. The van der Waals surface area contributed by atoms with Crippen LogP contribution in [0.5, 0.6) is 0 Å². The number of carbonyl (C=O) groups excluding carboxylic acids is 2. The van der Waals surface area contributed by atoms with Crippen molar-refractivity contribution < 1.29 is 24.2 Å². The number of nitrogens with two attached hydrogens (primary N) is 1. The Morgan fingerprint density at radius 3 is 2.50 bits per heavy atom. The van der Waals surface area contributed by atoms with Crippen molar-refractivity contribution in [2.75, 3.05) is 32.8 Å². The Labute approximate surface area is 105 Å². The minimum Gasteiger partial charge on any atom is -0.480 e. The van der Waals surface area contributed by atoms with Crippen LogP contribution in [0, 0.1) is 0 Å². The van der Waals surface area contributed by atoms with Crippen LogP contribution in [0.25, 0.3) is 0 Å². The van der Waals surface area contributed by atoms with E-state index in [4.69, 9.17) is 15.6 Å². The van der Waals surface area contributed by atoms with Gasteiger partial charge in [0.05, 0.1) is 0 Å². The molecule has 0 aromatic carbocycles. The van der Waals surface area contributed by atoms with Crippen molar-refractivity contribution in [2.45, 2.75) is 13.3 Å². The lowest BCUT2D eigenvalue weighted by atomic mass is 10.4. The van der Waals surface area contributed by atoms with Crippen LogP contribution >= 0.6 is 0 Å². The van der Waals surface area contributed by atoms with Crippen LogP contribution in [-0.4, -0.2) is 60.8 Å². The number of rotatable bonds is 9. The Kier molecular flexibility index (Phi) is 8.29. The topological polar surface area (TPSA) is 122 Å². The van der Waals surface area contributed by atoms with Crippen molar-refractivity contribution in [3.8, 4) is 0 Å². The van der Waals surface area contributed by atoms with E-state index in [-0.39, 0.29) is 0 Å². The molecule has 0 saturated heterocycles. The molecule has 0 aliphatic carbocycles. The molecule has 0 saturated carbocycles. The maximum atomic E-state index is 11.5. The number of carbonyl (C=O) groups is 3. The summed E-state index contributed by atoms with van der Waals surface area (Å²) in [4.78, 5) is 33.6. The predicted molar refractivity (Wildman–Crippen MR) is 62.9 cm³/mol. The summed E-state index contributed by atoms with van der Waals surface area (Å²) in [6, 6.07) is -0.632. The van der Waals surface area contributed by atoms with Gasteiger partial charge in [0.25, 0.3) is 0 Å². The first kappa shape index (κ1) is 16.2. The fourth-order valence-electron chi connectivity index (χ4n) is 1.18. The second-order valence-corrected chi connectivity index (χ2v) is 3.50. The van der Waals surface area contributed by atoms with Crippen molar-refractivity contribution in [3.63, 3.8) is 0 Å². The number of ether oxygens (including phenoxy) is 1. The van der Waals surface area contributed by atoms with E-state index in [1.54, 1.807) is 0 Å². The normalized spacial score (nSPS) is 9.83. The molecule has 4 N–H and O–H groups in total. The van der Waals surface area contributed by atoms with Crippen LogP contribution in [0.2, 0.25) is 0 Å². The maximum Gasteiger partial charge on any atom is 0.323 e. The van der Waals surface area contributed by atoms with Crippen LogP contribution in [0.3, 0.4) is 0 Å². The third kappa shape index (κ3) is 8.34. The Bertz CT molecular complexity index is 279. The van der Waals surface area contributed by atoms with Crippen LogP contribution in [0.4, 0.5) is 4.79 Å². The molecule has 0 aliphatic rings. The Balaban J connectivity index is 4.04. The number of hydrogen-bond acceptors (Lipinski definition) is 4. The third-order valence-electron chi connectivity index (χ3n) is 1.91. The van der Waals surface area contributed by atoms with Gasteiger partial charge in [0.1, 0.15) is 13.1 Å². The lowest BCUT2D eigenvalue weighted by Gasteiger charge is -2.19. The van der Waals surface area contributed by atoms with Gasteiger partial charge in [0.15, 0.2) is 0 Å². The van der Waals surface area contributed by atoms with Gasteiger partial charge in [-0.2, -0.15) is 0 Å². The first-order valence-electron chi connectivity index (χ1n) is 5.58. The van der Waals surface area contributed by atoms with Gasteiger partial charge in [-0.05, 0) is 13.3 Å². The van der Waals surface area contributed by atoms with Crippen molar-refractivity contribution in [2.24, 2.45) is 5.73 Å². The fraction of sp³-hybridized carbons (Fsp3) is 0.700. The molecule has 3 amide bonds. The van der Waals surface area contributed by atoms with E-state index in [2.05, 4.69) is 5.32 Å². The van der Waals surface area contributed by atoms with Gasteiger partial charge in [-0.1, -0.05) is 0 Å². The van der Waals surface area contributed by atoms with Crippen LogP contribution < -0.4 is 11.1 Å². The highest BCUT2D eigenvalue weighted by Gasteiger charge is 2.17. The first-order valence-corrected chi connectivity index (χ1v) is 5.58. The summed E-state index contributed by atoms with van der Waals surface area (Å²) in [7, 11) is 0. The van der Waals surface area contributed by atoms with E-state index >= 15 is 0 Å². The zero-order valence-electron chi connectivity index (χ0n) is 10.3. The van der Waals surface area contributed by atoms with Gasteiger partial charge in [0, 0.05) is 19.8 Å². The van der Waals surface area contributed by atoms with Crippen LogP contribution in [-0.2, 0) is 14.3 Å². The quantitative estimate of drug-likeness (QED) is 0.459. The molecule has 0 aromatic rings. The Morgan fingerprint density at radius 2 is 2.00 bits per heavy atom. The number of nitrogens with one attached hydrogen (secondary N) is 1. The van der Waals surface area contributed by atoms with Crippen molar-refractivity contribution in [1.29, 1.82) is 0 Å². The minimum absolute atomic E-state index is 0.341. The molecule has 0 spiro atoms. The van der Waals surface area contributed by atoms with Gasteiger partial charge >= 0.3 is 12.0 Å². The zero-order valence-corrected chi connectivity index (χ0v) is 10.3. The van der Waals surface area contributed by atoms with E-state index < -0.39 is 31.0 Å². The number of nitrogens with zero attached hydrogens (tertiary/aromatic N) is 1. The molecule has 0 atom stereocenters. The van der Waals surface area contributed by atoms with Crippen LogP contribution in [0.1, 0.15) is 13.3 Å². The highest BCUT2D eigenvalue weighted by molar-refractivity contribution is 5.85. The number of primary amides is 1. The summed E-state index contributed by atoms with van der Waals surface area (Å²) < 4.78 is 5.07.